The van der Waals surface area contributed by atoms with Crippen molar-refractivity contribution in [3.8, 4) is 5.75 Å². The summed E-state index contributed by atoms with van der Waals surface area (Å²) in [5.41, 5.74) is 1.97. The Morgan fingerprint density at radius 2 is 1.64 bits per heavy atom. The first-order chi connectivity index (χ1) is 13.7. The molecule has 3 rings (SSSR count). The lowest BCUT2D eigenvalue weighted by Gasteiger charge is -2.21. The van der Waals surface area contributed by atoms with Crippen LogP contribution in [0.5, 0.6) is 5.75 Å². The second-order valence-corrected chi connectivity index (χ2v) is 6.85. The van der Waals surface area contributed by atoms with E-state index in [0.717, 1.165) is 50.1 Å². The fourth-order valence-electron chi connectivity index (χ4n) is 3.28. The third-order valence-corrected chi connectivity index (χ3v) is 4.85. The van der Waals surface area contributed by atoms with Crippen LogP contribution in [0, 0.1) is 0 Å². The van der Waals surface area contributed by atoms with E-state index >= 15 is 0 Å². The number of para-hydroxylation sites is 1. The van der Waals surface area contributed by atoms with Gasteiger partial charge in [-0.2, -0.15) is 0 Å². The summed E-state index contributed by atoms with van der Waals surface area (Å²) in [7, 11) is 1.61. The molecule has 1 fully saturated rings. The van der Waals surface area contributed by atoms with Crippen molar-refractivity contribution < 1.29 is 14.3 Å². The average molecular weight is 378 g/mol. The molecule has 5 nitrogen and oxygen atoms in total. The highest BCUT2D eigenvalue weighted by molar-refractivity contribution is 6.07. The third kappa shape index (κ3) is 5.22. The largest absolute Gasteiger partial charge is 0.497 e. The summed E-state index contributed by atoms with van der Waals surface area (Å²) in [6.45, 7) is 1.55. The monoisotopic (exact) mass is 378 g/mol. The Morgan fingerprint density at radius 3 is 2.32 bits per heavy atom. The molecule has 28 heavy (non-hydrogen) atoms. The molecular formula is C23H26N2O3. The highest BCUT2D eigenvalue weighted by atomic mass is 16.5. The smallest absolute Gasteiger partial charge is 0.255 e. The molecule has 0 saturated carbocycles. The maximum Gasteiger partial charge on any atom is 0.255 e. The van der Waals surface area contributed by atoms with Crippen molar-refractivity contribution in [2.45, 2.75) is 25.7 Å². The number of hydrogen-bond acceptors (Lipinski definition) is 3. The zero-order valence-corrected chi connectivity index (χ0v) is 16.2. The van der Waals surface area contributed by atoms with Crippen LogP contribution in [0.3, 0.4) is 0 Å². The van der Waals surface area contributed by atoms with Gasteiger partial charge in [0.1, 0.15) is 5.75 Å². The average Bonchev–Trinajstić information content (AvgIpc) is 3.02. The summed E-state index contributed by atoms with van der Waals surface area (Å²) in [6, 6.07) is 14.6. The van der Waals surface area contributed by atoms with Crippen molar-refractivity contribution in [3.05, 3.63) is 65.7 Å². The van der Waals surface area contributed by atoms with Gasteiger partial charge in [-0.25, -0.2) is 0 Å². The molecule has 5 heteroatoms. The number of ether oxygens (including phenoxy) is 1. The third-order valence-electron chi connectivity index (χ3n) is 4.85. The van der Waals surface area contributed by atoms with Crippen molar-refractivity contribution >= 4 is 23.6 Å². The van der Waals surface area contributed by atoms with E-state index in [1.165, 1.54) is 6.08 Å². The van der Waals surface area contributed by atoms with E-state index in [1.54, 1.807) is 25.3 Å². The fourth-order valence-corrected chi connectivity index (χ4v) is 3.28. The molecule has 0 unspecified atom stereocenters. The number of likely N-dealkylation sites (tertiary alicyclic amines) is 1. The van der Waals surface area contributed by atoms with Crippen LogP contribution in [0.4, 0.5) is 5.69 Å². The molecule has 0 spiro atoms. The zero-order valence-electron chi connectivity index (χ0n) is 16.2. The second-order valence-electron chi connectivity index (χ2n) is 6.85. The normalized spacial score (nSPS) is 14.5. The van der Waals surface area contributed by atoms with Crippen LogP contribution < -0.4 is 10.1 Å². The molecule has 1 N–H and O–H groups in total. The summed E-state index contributed by atoms with van der Waals surface area (Å²) in [4.78, 5) is 27.2. The molecule has 1 heterocycles. The molecule has 2 aromatic rings. The number of benzene rings is 2. The van der Waals surface area contributed by atoms with Gasteiger partial charge in [-0.15, -0.1) is 0 Å². The number of nitrogens with one attached hydrogen (secondary N) is 1. The van der Waals surface area contributed by atoms with E-state index in [0.29, 0.717) is 11.3 Å². The van der Waals surface area contributed by atoms with Gasteiger partial charge in [0.2, 0.25) is 5.91 Å². The van der Waals surface area contributed by atoms with Crippen molar-refractivity contribution in [1.82, 2.24) is 4.90 Å². The number of methoxy groups -OCH3 is 1. The molecule has 0 aromatic heterocycles. The lowest BCUT2D eigenvalue weighted by Crippen LogP contribution is -2.32. The van der Waals surface area contributed by atoms with Crippen LogP contribution in [-0.2, 0) is 4.79 Å². The van der Waals surface area contributed by atoms with Gasteiger partial charge in [0.25, 0.3) is 5.91 Å². The first kappa shape index (κ1) is 19.7. The minimum absolute atomic E-state index is 0.0167. The first-order valence-corrected chi connectivity index (χ1v) is 9.69. The topological polar surface area (TPSA) is 58.6 Å². The Morgan fingerprint density at radius 1 is 0.964 bits per heavy atom. The number of anilines is 1. The van der Waals surface area contributed by atoms with Crippen molar-refractivity contribution in [3.63, 3.8) is 0 Å². The van der Waals surface area contributed by atoms with Gasteiger partial charge >= 0.3 is 0 Å². The van der Waals surface area contributed by atoms with Gasteiger partial charge in [0, 0.05) is 19.2 Å². The number of carbonyl (C=O) groups excluding carboxylic acids is 2. The molecule has 146 valence electrons. The number of rotatable bonds is 5. The minimum atomic E-state index is -0.271. The fraction of sp³-hybridized carbons (Fsp3) is 0.304. The lowest BCUT2D eigenvalue weighted by atomic mass is 10.1. The predicted octanol–water partition coefficient (Wildman–Crippen LogP) is 4.36. The van der Waals surface area contributed by atoms with Crippen LogP contribution in [-0.4, -0.2) is 36.9 Å². The summed E-state index contributed by atoms with van der Waals surface area (Å²) >= 11 is 0. The van der Waals surface area contributed by atoms with E-state index in [2.05, 4.69) is 5.32 Å². The van der Waals surface area contributed by atoms with E-state index in [1.807, 2.05) is 41.3 Å². The maximum atomic E-state index is 12.9. The highest BCUT2D eigenvalue weighted by Crippen LogP contribution is 2.20. The van der Waals surface area contributed by atoms with Crippen LogP contribution in [0.25, 0.3) is 6.08 Å². The van der Waals surface area contributed by atoms with Gasteiger partial charge < -0.3 is 15.0 Å². The molecule has 0 bridgehead atoms. The molecule has 1 saturated heterocycles. The Kier molecular flexibility index (Phi) is 6.84. The molecule has 0 atom stereocenters. The predicted molar refractivity (Wildman–Crippen MR) is 111 cm³/mol. The number of amides is 2. The van der Waals surface area contributed by atoms with Crippen LogP contribution >= 0.6 is 0 Å². The Bertz CT molecular complexity index is 835. The van der Waals surface area contributed by atoms with E-state index in [-0.39, 0.29) is 11.8 Å². The molecular weight excluding hydrogens is 352 g/mol. The number of hydrogen-bond donors (Lipinski definition) is 1. The second kappa shape index (κ2) is 9.74. The van der Waals surface area contributed by atoms with Gasteiger partial charge in [0.05, 0.1) is 18.4 Å². The van der Waals surface area contributed by atoms with Gasteiger partial charge in [-0.05, 0) is 48.7 Å². The summed E-state index contributed by atoms with van der Waals surface area (Å²) in [5, 5.41) is 2.84. The molecule has 0 radical (unpaired) electrons. The van der Waals surface area contributed by atoms with Gasteiger partial charge in [0.15, 0.2) is 0 Å². The van der Waals surface area contributed by atoms with Crippen LogP contribution in [0.2, 0.25) is 0 Å². The highest BCUT2D eigenvalue weighted by Gasteiger charge is 2.20. The summed E-state index contributed by atoms with van der Waals surface area (Å²) in [5.74, 6) is 0.478. The number of carbonyl (C=O) groups is 2. The maximum absolute atomic E-state index is 12.9. The SMILES string of the molecule is COc1ccc(C=CC(=O)Nc2ccccc2C(=O)N2CCCCCC2)cc1. The first-order valence-electron chi connectivity index (χ1n) is 9.69. The van der Waals surface area contributed by atoms with Crippen molar-refractivity contribution in [2.75, 3.05) is 25.5 Å². The molecule has 2 amide bonds. The zero-order chi connectivity index (χ0) is 19.8. The number of nitrogens with zero attached hydrogens (tertiary/aromatic N) is 1. The van der Waals surface area contributed by atoms with Gasteiger partial charge in [-0.1, -0.05) is 37.1 Å². The Hall–Kier alpha value is -3.08. The van der Waals surface area contributed by atoms with E-state index < -0.39 is 0 Å². The van der Waals surface area contributed by atoms with Gasteiger partial charge in [-0.3, -0.25) is 9.59 Å². The molecule has 2 aromatic carbocycles. The lowest BCUT2D eigenvalue weighted by molar-refractivity contribution is -0.111. The Labute approximate surface area is 166 Å². The Balaban J connectivity index is 1.68. The van der Waals surface area contributed by atoms with Crippen molar-refractivity contribution in [2.24, 2.45) is 0 Å². The molecule has 1 aliphatic rings. The van der Waals surface area contributed by atoms with E-state index in [4.69, 9.17) is 4.74 Å². The molecule has 1 aliphatic heterocycles. The standard InChI is InChI=1S/C23H26N2O3/c1-28-19-13-10-18(11-14-19)12-15-22(26)24-21-9-5-4-8-20(21)23(27)25-16-6-2-3-7-17-25/h4-5,8-15H,2-3,6-7,16-17H2,1H3,(H,24,26). The van der Waals surface area contributed by atoms with E-state index in [9.17, 15) is 9.59 Å². The summed E-state index contributed by atoms with van der Waals surface area (Å²) in [6.07, 6.45) is 7.59. The summed E-state index contributed by atoms with van der Waals surface area (Å²) < 4.78 is 5.13. The minimum Gasteiger partial charge on any atom is -0.497 e. The molecule has 0 aliphatic carbocycles. The quantitative estimate of drug-likeness (QED) is 0.787. The van der Waals surface area contributed by atoms with Crippen LogP contribution in [0.15, 0.2) is 54.6 Å². The van der Waals surface area contributed by atoms with Crippen LogP contribution in [0.1, 0.15) is 41.6 Å². The van der Waals surface area contributed by atoms with Crippen molar-refractivity contribution in [1.29, 1.82) is 0 Å².